The topological polar surface area (TPSA) is 57.2 Å². The monoisotopic (exact) mass is 194 g/mol. The van der Waals surface area contributed by atoms with E-state index in [0.717, 1.165) is 0 Å². The van der Waals surface area contributed by atoms with Gasteiger partial charge < -0.3 is 14.7 Å². The molecule has 9 heavy (non-hydrogen) atoms. The van der Waals surface area contributed by atoms with Crippen molar-refractivity contribution in [3.8, 4) is 0 Å². The predicted octanol–water partition coefficient (Wildman–Crippen LogP) is -0.895. The van der Waals surface area contributed by atoms with Crippen LogP contribution >= 0.6 is 0 Å². The zero-order valence-corrected chi connectivity index (χ0v) is 6.60. The molecule has 0 bridgehead atoms. The summed E-state index contributed by atoms with van der Waals surface area (Å²) in [6.07, 6.45) is -0.0718. The zero-order valence-electron chi connectivity index (χ0n) is 5.02. The Labute approximate surface area is 63.8 Å². The van der Waals surface area contributed by atoms with Gasteiger partial charge in [-0.2, -0.15) is 0 Å². The van der Waals surface area contributed by atoms with Crippen LogP contribution in [0, 0.1) is 17.0 Å². The van der Waals surface area contributed by atoms with Gasteiger partial charge in [-0.3, -0.25) is 0 Å². The van der Waals surface area contributed by atoms with Crippen molar-refractivity contribution in [3.05, 3.63) is 0 Å². The summed E-state index contributed by atoms with van der Waals surface area (Å²) in [6, 6.07) is 0. The second-order valence-corrected chi connectivity index (χ2v) is 1.57. The summed E-state index contributed by atoms with van der Waals surface area (Å²) in [6.45, 7) is 1.35. The Morgan fingerprint density at radius 1 is 1.33 bits per heavy atom. The summed E-state index contributed by atoms with van der Waals surface area (Å²) < 4.78 is 0. The van der Waals surface area contributed by atoms with Gasteiger partial charge in [-0.25, -0.2) is 0 Å². The smallest absolute Gasteiger partial charge is 0.550 e. The maximum absolute atomic E-state index is 10.1. The normalized spacial score (nSPS) is 7.67. The van der Waals surface area contributed by atoms with Gasteiger partial charge in [0.2, 0.25) is 0 Å². The second kappa shape index (κ2) is 5.75. The van der Waals surface area contributed by atoms with Gasteiger partial charge in [0, 0.05) is 12.4 Å². The molecule has 0 spiro atoms. The van der Waals surface area contributed by atoms with E-state index in [1.807, 2.05) is 0 Å². The van der Waals surface area contributed by atoms with Crippen LogP contribution in [0.5, 0.6) is 0 Å². The Morgan fingerprint density at radius 2 is 1.78 bits per heavy atom. The lowest BCUT2D eigenvalue weighted by molar-refractivity contribution is -0.305. The van der Waals surface area contributed by atoms with Gasteiger partial charge in [-0.15, -0.1) is 0 Å². The summed E-state index contributed by atoms with van der Waals surface area (Å²) in [5.41, 5.74) is 0. The molecule has 0 saturated heterocycles. The molecule has 0 aromatic carbocycles. The third-order valence-electron chi connectivity index (χ3n) is 0.681. The Kier molecular flexibility index (Phi) is 7.30. The highest BCUT2D eigenvalue weighted by Crippen LogP contribution is 1.85. The van der Waals surface area contributed by atoms with Crippen molar-refractivity contribution in [2.75, 3.05) is 0 Å². The second-order valence-electron chi connectivity index (χ2n) is 1.57. The number of halogens is 1. The molecule has 0 aromatic rings. The number of rotatable bonds is 3. The first kappa shape index (κ1) is 11.4. The minimum atomic E-state index is -1.17. The number of Topliss-reactive ketones (excluding diaryl/α,β-unsaturated/α-hetero) is 1. The van der Waals surface area contributed by atoms with Crippen LogP contribution in [0.15, 0.2) is 0 Å². The number of carboxylic acids is 1. The number of aliphatic carboxylic acids is 1. The molecule has 0 aliphatic carbocycles. The SMILES string of the molecule is CC(=O)CCC(=O)[O-].[Br+]. The number of carboxylic acid groups (broad SMARTS) is 1. The summed E-state index contributed by atoms with van der Waals surface area (Å²) in [5, 5.41) is 9.64. The van der Waals surface area contributed by atoms with Gasteiger partial charge in [0.1, 0.15) is 5.78 Å². The van der Waals surface area contributed by atoms with Crippen LogP contribution in [-0.4, -0.2) is 11.8 Å². The van der Waals surface area contributed by atoms with E-state index < -0.39 is 5.97 Å². The van der Waals surface area contributed by atoms with E-state index in [4.69, 9.17) is 0 Å². The molecule has 0 N–H and O–H groups in total. The molecule has 0 unspecified atom stereocenters. The quantitative estimate of drug-likeness (QED) is 0.586. The largest absolute Gasteiger partial charge is 1.00 e. The molecular formula is C5H7BrO3. The van der Waals surface area contributed by atoms with Crippen molar-refractivity contribution < 1.29 is 31.7 Å². The van der Waals surface area contributed by atoms with Crippen molar-refractivity contribution in [2.24, 2.45) is 0 Å². The zero-order chi connectivity index (χ0) is 6.57. The van der Waals surface area contributed by atoms with Crippen LogP contribution in [0.2, 0.25) is 0 Å². The molecule has 0 atom stereocenters. The fourth-order valence-electron chi connectivity index (χ4n) is 0.278. The first-order valence-corrected chi connectivity index (χ1v) is 2.32. The summed E-state index contributed by atoms with van der Waals surface area (Å²) in [4.78, 5) is 19.7. The number of carbonyl (C=O) groups excluding carboxylic acids is 2. The summed E-state index contributed by atoms with van der Waals surface area (Å²) in [5.74, 6) is -1.28. The van der Waals surface area contributed by atoms with Crippen molar-refractivity contribution in [1.82, 2.24) is 0 Å². The standard InChI is InChI=1S/C5H8O3.Br/c1-4(6)2-3-5(7)8;/h2-3H2,1H3,(H,7,8);/q;+1/p-1. The number of carbonyl (C=O) groups is 2. The van der Waals surface area contributed by atoms with Gasteiger partial charge in [0.05, 0.1) is 0 Å². The fourth-order valence-corrected chi connectivity index (χ4v) is 0.278. The van der Waals surface area contributed by atoms with Crippen molar-refractivity contribution >= 4 is 11.8 Å². The Balaban J connectivity index is 0. The lowest BCUT2D eigenvalue weighted by atomic mass is 10.2. The van der Waals surface area contributed by atoms with E-state index >= 15 is 0 Å². The van der Waals surface area contributed by atoms with Crippen molar-refractivity contribution in [1.29, 1.82) is 0 Å². The molecule has 0 aromatic heterocycles. The number of hydrogen-bond acceptors (Lipinski definition) is 3. The van der Waals surface area contributed by atoms with E-state index in [9.17, 15) is 14.7 Å². The van der Waals surface area contributed by atoms with E-state index in [1.165, 1.54) is 6.92 Å². The first-order valence-electron chi connectivity index (χ1n) is 2.32. The van der Waals surface area contributed by atoms with E-state index in [1.54, 1.807) is 0 Å². The minimum absolute atomic E-state index is 0. The van der Waals surface area contributed by atoms with Gasteiger partial charge in [-0.1, -0.05) is 0 Å². The van der Waals surface area contributed by atoms with E-state index in [0.29, 0.717) is 0 Å². The summed E-state index contributed by atoms with van der Waals surface area (Å²) >= 11 is 0. The molecular weight excluding hydrogens is 188 g/mol. The number of ketones is 1. The Morgan fingerprint density at radius 3 is 1.89 bits per heavy atom. The molecule has 4 heteroatoms. The molecule has 0 fully saturated rings. The highest BCUT2D eigenvalue weighted by Gasteiger charge is 1.90. The highest BCUT2D eigenvalue weighted by atomic mass is 79.9. The maximum Gasteiger partial charge on any atom is 1.00 e. The average molecular weight is 195 g/mol. The Hall–Kier alpha value is -0.380. The van der Waals surface area contributed by atoms with Gasteiger partial charge in [-0.05, 0) is 13.3 Å². The van der Waals surface area contributed by atoms with Crippen LogP contribution in [0.4, 0.5) is 0 Å². The fraction of sp³-hybridized carbons (Fsp3) is 0.600. The molecule has 0 heterocycles. The average Bonchev–Trinajstić information content (AvgIpc) is 1.61. The number of hydrogen-bond donors (Lipinski definition) is 0. The van der Waals surface area contributed by atoms with E-state index in [2.05, 4.69) is 0 Å². The molecule has 0 saturated carbocycles. The van der Waals surface area contributed by atoms with E-state index in [-0.39, 0.29) is 35.6 Å². The van der Waals surface area contributed by atoms with Crippen molar-refractivity contribution in [2.45, 2.75) is 19.8 Å². The Bertz CT molecular complexity index is 96.8. The van der Waals surface area contributed by atoms with Gasteiger partial charge >= 0.3 is 17.0 Å². The van der Waals surface area contributed by atoms with Crippen LogP contribution in [0.1, 0.15) is 19.8 Å². The third-order valence-corrected chi connectivity index (χ3v) is 0.681. The predicted molar refractivity (Wildman–Crippen MR) is 24.9 cm³/mol. The first-order chi connectivity index (χ1) is 3.63. The van der Waals surface area contributed by atoms with Gasteiger partial charge in [0.15, 0.2) is 0 Å². The van der Waals surface area contributed by atoms with Crippen LogP contribution in [0.3, 0.4) is 0 Å². The maximum atomic E-state index is 10.1. The van der Waals surface area contributed by atoms with Crippen LogP contribution < -0.4 is 5.11 Å². The third kappa shape index (κ3) is 11.3. The van der Waals surface area contributed by atoms with Crippen molar-refractivity contribution in [3.63, 3.8) is 0 Å². The molecule has 52 valence electrons. The molecule has 0 aliphatic heterocycles. The molecule has 2 radical (unpaired) electrons. The highest BCUT2D eigenvalue weighted by molar-refractivity contribution is 5.79. The molecule has 0 rings (SSSR count). The lowest BCUT2D eigenvalue weighted by Gasteiger charge is -1.95. The lowest BCUT2D eigenvalue weighted by Crippen LogP contribution is -2.22. The molecule has 0 amide bonds. The molecule has 0 aliphatic rings. The van der Waals surface area contributed by atoms with Gasteiger partial charge in [0.25, 0.3) is 0 Å². The van der Waals surface area contributed by atoms with Crippen LogP contribution in [0.25, 0.3) is 0 Å². The summed E-state index contributed by atoms with van der Waals surface area (Å²) in [7, 11) is 0. The molecule has 3 nitrogen and oxygen atoms in total. The van der Waals surface area contributed by atoms with Crippen LogP contribution in [-0.2, 0) is 9.59 Å². The minimum Gasteiger partial charge on any atom is -0.550 e.